The summed E-state index contributed by atoms with van der Waals surface area (Å²) in [5.41, 5.74) is 6.85. The number of halogens is 2. The molecule has 3 nitrogen and oxygen atoms in total. The lowest BCUT2D eigenvalue weighted by molar-refractivity contribution is -0.137. The Labute approximate surface area is 138 Å². The lowest BCUT2D eigenvalue weighted by atomic mass is 9.94. The van der Waals surface area contributed by atoms with Gasteiger partial charge in [-0.15, -0.1) is 12.4 Å². The fourth-order valence-corrected chi connectivity index (χ4v) is 3.29. The van der Waals surface area contributed by atoms with Gasteiger partial charge < -0.3 is 10.6 Å². The van der Waals surface area contributed by atoms with Crippen molar-refractivity contribution in [1.29, 1.82) is 0 Å². The summed E-state index contributed by atoms with van der Waals surface area (Å²) in [4.78, 5) is 14.5. The Kier molecular flexibility index (Phi) is 6.98. The standard InChI is InChI=1S/C16H23ClN2O.ClH/c1-11(12-5-3-7-14(17)9-12)19(2)16(20)15-8-4-6-13(15)10-18;/h3,5,7,9,11,13,15H,4,6,8,10,18H2,1-2H3;1H/t11?,13-,15-;/m1./s1. The van der Waals surface area contributed by atoms with Crippen molar-refractivity contribution in [3.05, 3.63) is 34.9 Å². The van der Waals surface area contributed by atoms with Crippen molar-refractivity contribution in [2.75, 3.05) is 13.6 Å². The summed E-state index contributed by atoms with van der Waals surface area (Å²) in [6, 6.07) is 7.73. The number of nitrogens with zero attached hydrogens (tertiary/aromatic N) is 1. The Morgan fingerprint density at radius 3 is 2.81 bits per heavy atom. The molecule has 3 atom stereocenters. The Morgan fingerprint density at radius 2 is 2.19 bits per heavy atom. The van der Waals surface area contributed by atoms with Crippen LogP contribution in [-0.2, 0) is 4.79 Å². The fourth-order valence-electron chi connectivity index (χ4n) is 3.09. The average Bonchev–Trinajstić information content (AvgIpc) is 2.93. The van der Waals surface area contributed by atoms with Crippen molar-refractivity contribution in [1.82, 2.24) is 4.90 Å². The van der Waals surface area contributed by atoms with Gasteiger partial charge in [-0.2, -0.15) is 0 Å². The van der Waals surface area contributed by atoms with E-state index < -0.39 is 0 Å². The normalized spacial score (nSPS) is 22.5. The van der Waals surface area contributed by atoms with Gasteiger partial charge in [0.15, 0.2) is 0 Å². The van der Waals surface area contributed by atoms with Crippen LogP contribution in [0.4, 0.5) is 0 Å². The van der Waals surface area contributed by atoms with Gasteiger partial charge in [-0.25, -0.2) is 0 Å². The van der Waals surface area contributed by atoms with E-state index in [1.54, 1.807) is 0 Å². The molecule has 0 spiro atoms. The van der Waals surface area contributed by atoms with Crippen LogP contribution in [0.5, 0.6) is 0 Å². The zero-order chi connectivity index (χ0) is 14.7. The van der Waals surface area contributed by atoms with Gasteiger partial charge in [-0.1, -0.05) is 30.2 Å². The van der Waals surface area contributed by atoms with Crippen molar-refractivity contribution in [3.63, 3.8) is 0 Å². The molecule has 1 amide bonds. The summed E-state index contributed by atoms with van der Waals surface area (Å²) >= 11 is 6.03. The number of amides is 1. The van der Waals surface area contributed by atoms with Crippen LogP contribution in [-0.4, -0.2) is 24.4 Å². The summed E-state index contributed by atoms with van der Waals surface area (Å²) in [6.07, 6.45) is 3.15. The van der Waals surface area contributed by atoms with Crippen molar-refractivity contribution in [2.45, 2.75) is 32.2 Å². The molecule has 1 aliphatic carbocycles. The molecule has 0 heterocycles. The quantitative estimate of drug-likeness (QED) is 0.915. The second-order valence-electron chi connectivity index (χ2n) is 5.71. The molecule has 0 bridgehead atoms. The Bertz CT molecular complexity index is 481. The number of nitrogens with two attached hydrogens (primary N) is 1. The molecule has 1 saturated carbocycles. The highest BCUT2D eigenvalue weighted by molar-refractivity contribution is 6.30. The zero-order valence-corrected chi connectivity index (χ0v) is 14.2. The molecule has 1 aliphatic rings. The first-order chi connectivity index (χ1) is 9.54. The highest BCUT2D eigenvalue weighted by atomic mass is 35.5. The molecule has 21 heavy (non-hydrogen) atoms. The van der Waals surface area contributed by atoms with Gasteiger partial charge in [-0.05, 0) is 49.9 Å². The van der Waals surface area contributed by atoms with Gasteiger partial charge in [0.25, 0.3) is 0 Å². The molecule has 5 heteroatoms. The van der Waals surface area contributed by atoms with E-state index in [0.717, 1.165) is 24.8 Å². The smallest absolute Gasteiger partial charge is 0.226 e. The Morgan fingerprint density at radius 1 is 1.48 bits per heavy atom. The van der Waals surface area contributed by atoms with Crippen molar-refractivity contribution >= 4 is 29.9 Å². The van der Waals surface area contributed by atoms with Crippen molar-refractivity contribution in [2.24, 2.45) is 17.6 Å². The number of carbonyl (C=O) groups excluding carboxylic acids is 1. The van der Waals surface area contributed by atoms with Gasteiger partial charge in [0.1, 0.15) is 0 Å². The summed E-state index contributed by atoms with van der Waals surface area (Å²) in [6.45, 7) is 2.64. The minimum absolute atomic E-state index is 0. The molecule has 0 aliphatic heterocycles. The van der Waals surface area contributed by atoms with Crippen LogP contribution in [0.25, 0.3) is 0 Å². The van der Waals surface area contributed by atoms with Gasteiger partial charge in [0, 0.05) is 18.0 Å². The van der Waals surface area contributed by atoms with E-state index in [0.29, 0.717) is 17.5 Å². The SMILES string of the molecule is CC(c1cccc(Cl)c1)N(C)C(=O)[C@@H]1CCC[C@@H]1CN.Cl. The van der Waals surface area contributed by atoms with Crippen LogP contribution in [0.15, 0.2) is 24.3 Å². The highest BCUT2D eigenvalue weighted by Crippen LogP contribution is 2.34. The van der Waals surface area contributed by atoms with Crippen LogP contribution in [0.3, 0.4) is 0 Å². The number of hydrogen-bond acceptors (Lipinski definition) is 2. The molecule has 0 aromatic heterocycles. The largest absolute Gasteiger partial charge is 0.339 e. The monoisotopic (exact) mass is 330 g/mol. The van der Waals surface area contributed by atoms with Crippen LogP contribution in [0, 0.1) is 11.8 Å². The predicted octanol–water partition coefficient (Wildman–Crippen LogP) is 3.66. The van der Waals surface area contributed by atoms with Crippen molar-refractivity contribution < 1.29 is 4.79 Å². The summed E-state index contributed by atoms with van der Waals surface area (Å²) in [5, 5.41) is 0.705. The van der Waals surface area contributed by atoms with Crippen LogP contribution < -0.4 is 5.73 Å². The molecular weight excluding hydrogens is 307 g/mol. The molecule has 2 N–H and O–H groups in total. The first-order valence-electron chi connectivity index (χ1n) is 7.26. The van der Waals surface area contributed by atoms with Crippen LogP contribution >= 0.6 is 24.0 Å². The molecule has 1 aromatic carbocycles. The first-order valence-corrected chi connectivity index (χ1v) is 7.64. The highest BCUT2D eigenvalue weighted by Gasteiger charge is 2.34. The number of hydrogen-bond donors (Lipinski definition) is 1. The summed E-state index contributed by atoms with van der Waals surface area (Å²) in [5.74, 6) is 0.647. The maximum atomic E-state index is 12.7. The van der Waals surface area contributed by atoms with Gasteiger partial charge in [0.05, 0.1) is 6.04 Å². The molecule has 1 fully saturated rings. The molecule has 0 radical (unpaired) electrons. The first kappa shape index (κ1) is 18.3. The molecule has 1 aromatic rings. The minimum atomic E-state index is 0. The van der Waals surface area contributed by atoms with E-state index >= 15 is 0 Å². The number of carbonyl (C=O) groups is 1. The van der Waals surface area contributed by atoms with E-state index in [1.165, 1.54) is 0 Å². The van der Waals surface area contributed by atoms with Gasteiger partial charge in [0.2, 0.25) is 5.91 Å². The van der Waals surface area contributed by atoms with Crippen LogP contribution in [0.2, 0.25) is 5.02 Å². The minimum Gasteiger partial charge on any atom is -0.339 e. The lowest BCUT2D eigenvalue weighted by Gasteiger charge is -2.30. The third-order valence-corrected chi connectivity index (χ3v) is 4.77. The molecule has 0 saturated heterocycles. The van der Waals surface area contributed by atoms with E-state index in [4.69, 9.17) is 17.3 Å². The van der Waals surface area contributed by atoms with E-state index in [2.05, 4.69) is 0 Å². The summed E-state index contributed by atoms with van der Waals surface area (Å²) < 4.78 is 0. The third-order valence-electron chi connectivity index (χ3n) is 4.54. The summed E-state index contributed by atoms with van der Waals surface area (Å²) in [7, 11) is 1.87. The van der Waals surface area contributed by atoms with Gasteiger partial charge >= 0.3 is 0 Å². The number of benzene rings is 1. The van der Waals surface area contributed by atoms with E-state index in [-0.39, 0.29) is 30.3 Å². The maximum Gasteiger partial charge on any atom is 0.226 e. The molecule has 118 valence electrons. The molecule has 1 unspecified atom stereocenters. The topological polar surface area (TPSA) is 46.3 Å². The van der Waals surface area contributed by atoms with Crippen LogP contribution in [0.1, 0.15) is 37.8 Å². The predicted molar refractivity (Wildman–Crippen MR) is 89.8 cm³/mol. The van der Waals surface area contributed by atoms with E-state index in [1.807, 2.05) is 43.1 Å². The zero-order valence-electron chi connectivity index (χ0n) is 12.6. The fraction of sp³-hybridized carbons (Fsp3) is 0.562. The lowest BCUT2D eigenvalue weighted by Crippen LogP contribution is -2.38. The number of rotatable bonds is 4. The molecule has 2 rings (SSSR count). The Hall–Kier alpha value is -0.770. The molecular formula is C16H24Cl2N2O. The average molecular weight is 331 g/mol. The van der Waals surface area contributed by atoms with Crippen molar-refractivity contribution in [3.8, 4) is 0 Å². The second-order valence-corrected chi connectivity index (χ2v) is 6.15. The second kappa shape index (κ2) is 8.02. The third kappa shape index (κ3) is 4.12. The Balaban J connectivity index is 0.00000220. The van der Waals surface area contributed by atoms with Gasteiger partial charge in [-0.3, -0.25) is 4.79 Å². The van der Waals surface area contributed by atoms with E-state index in [9.17, 15) is 4.79 Å². The maximum absolute atomic E-state index is 12.7.